The van der Waals surface area contributed by atoms with Crippen LogP contribution in [0.4, 0.5) is 5.13 Å². The van der Waals surface area contributed by atoms with Gasteiger partial charge in [-0.3, -0.25) is 9.69 Å². The topological polar surface area (TPSA) is 59.5 Å². The summed E-state index contributed by atoms with van der Waals surface area (Å²) < 4.78 is 5.09. The van der Waals surface area contributed by atoms with Gasteiger partial charge in [0.25, 0.3) is 0 Å². The molecular weight excluding hydrogens is 336 g/mol. The fourth-order valence-electron chi connectivity index (χ4n) is 2.76. The molecule has 1 aromatic carbocycles. The molecule has 0 aliphatic heterocycles. The molecule has 1 amide bonds. The quantitative estimate of drug-likeness (QED) is 0.737. The number of rotatable bonds is 6. The lowest BCUT2D eigenvalue weighted by atomic mass is 10.2. The van der Waals surface area contributed by atoms with Crippen LogP contribution in [0.3, 0.4) is 0 Å². The first-order valence-corrected chi connectivity index (χ1v) is 9.32. The van der Waals surface area contributed by atoms with Crippen LogP contribution in [-0.4, -0.2) is 23.5 Å². The molecule has 1 aromatic heterocycles. The molecule has 0 saturated heterocycles. The number of nitrogens with zero attached hydrogens (tertiary/aromatic N) is 2. The molecule has 0 N–H and O–H groups in total. The van der Waals surface area contributed by atoms with Gasteiger partial charge in [-0.25, -0.2) is 9.78 Å². The smallest absolute Gasteiger partial charge is 0.350 e. The number of hydrogen-bond donors (Lipinski definition) is 0. The first-order chi connectivity index (χ1) is 12.0. The molecule has 5 nitrogen and oxygen atoms in total. The number of benzene rings is 1. The number of aromatic nitrogens is 1. The molecule has 6 heteroatoms. The van der Waals surface area contributed by atoms with Crippen molar-refractivity contribution in [3.05, 3.63) is 46.5 Å². The summed E-state index contributed by atoms with van der Waals surface area (Å²) in [6.45, 7) is 6.41. The number of carbonyl (C=O) groups excluding carboxylic acids is 2. The maximum Gasteiger partial charge on any atom is 0.350 e. The van der Waals surface area contributed by atoms with Gasteiger partial charge >= 0.3 is 5.97 Å². The predicted molar refractivity (Wildman–Crippen MR) is 97.7 cm³/mol. The van der Waals surface area contributed by atoms with Crippen molar-refractivity contribution in [2.24, 2.45) is 11.8 Å². The zero-order valence-electron chi connectivity index (χ0n) is 14.7. The molecule has 0 unspecified atom stereocenters. The van der Waals surface area contributed by atoms with E-state index in [9.17, 15) is 9.59 Å². The van der Waals surface area contributed by atoms with E-state index in [1.54, 1.807) is 18.7 Å². The number of thiazole rings is 1. The Balaban J connectivity index is 1.90. The largest absolute Gasteiger partial charge is 0.462 e. The molecule has 1 aliphatic carbocycles. The molecule has 1 heterocycles. The van der Waals surface area contributed by atoms with E-state index in [0.29, 0.717) is 34.8 Å². The molecule has 3 rings (SSSR count). The molecule has 0 spiro atoms. The van der Waals surface area contributed by atoms with E-state index in [0.717, 1.165) is 12.0 Å². The first-order valence-electron chi connectivity index (χ1n) is 8.51. The van der Waals surface area contributed by atoms with Gasteiger partial charge < -0.3 is 4.74 Å². The number of hydrogen-bond acceptors (Lipinski definition) is 5. The standard InChI is InChI=1S/C19H22N2O3S/c1-4-24-18(23)16-13(3)20-19(25-16)21(17(22)15-10-12(15)2)11-14-8-6-5-7-9-14/h5-9,12,15H,4,10-11H2,1-3H3/t12-,15+/m1/s1. The summed E-state index contributed by atoms with van der Waals surface area (Å²) >= 11 is 1.23. The zero-order chi connectivity index (χ0) is 18.0. The summed E-state index contributed by atoms with van der Waals surface area (Å²) in [6, 6.07) is 9.83. The zero-order valence-corrected chi connectivity index (χ0v) is 15.5. The Kier molecular flexibility index (Phi) is 5.18. The van der Waals surface area contributed by atoms with Gasteiger partial charge in [0.05, 0.1) is 18.8 Å². The number of esters is 1. The molecule has 0 radical (unpaired) electrons. The average molecular weight is 358 g/mol. The van der Waals surface area contributed by atoms with E-state index in [1.807, 2.05) is 30.3 Å². The minimum absolute atomic E-state index is 0.0546. The van der Waals surface area contributed by atoms with Crippen LogP contribution in [0.1, 0.15) is 41.2 Å². The highest BCUT2D eigenvalue weighted by atomic mass is 32.1. The minimum Gasteiger partial charge on any atom is -0.462 e. The van der Waals surface area contributed by atoms with E-state index in [1.165, 1.54) is 11.3 Å². The molecule has 25 heavy (non-hydrogen) atoms. The van der Waals surface area contributed by atoms with E-state index < -0.39 is 0 Å². The van der Waals surface area contributed by atoms with Gasteiger partial charge in [0.1, 0.15) is 4.88 Å². The van der Waals surface area contributed by atoms with Crippen molar-refractivity contribution in [1.82, 2.24) is 4.98 Å². The van der Waals surface area contributed by atoms with E-state index in [2.05, 4.69) is 11.9 Å². The normalized spacial score (nSPS) is 18.7. The van der Waals surface area contributed by atoms with Crippen LogP contribution in [0.5, 0.6) is 0 Å². The van der Waals surface area contributed by atoms with E-state index >= 15 is 0 Å². The Labute approximate surface area is 151 Å². The number of anilines is 1. The lowest BCUT2D eigenvalue weighted by Gasteiger charge is -2.20. The van der Waals surface area contributed by atoms with Crippen LogP contribution in [0, 0.1) is 18.8 Å². The van der Waals surface area contributed by atoms with Crippen molar-refractivity contribution in [1.29, 1.82) is 0 Å². The van der Waals surface area contributed by atoms with Gasteiger partial charge in [0.2, 0.25) is 5.91 Å². The Morgan fingerprint density at radius 1 is 1.32 bits per heavy atom. The molecule has 1 saturated carbocycles. The highest BCUT2D eigenvalue weighted by molar-refractivity contribution is 7.17. The third-order valence-electron chi connectivity index (χ3n) is 4.35. The van der Waals surface area contributed by atoms with E-state index in [4.69, 9.17) is 4.74 Å². The fraction of sp³-hybridized carbons (Fsp3) is 0.421. The minimum atomic E-state index is -0.379. The molecule has 1 fully saturated rings. The van der Waals surface area contributed by atoms with Crippen molar-refractivity contribution in [3.63, 3.8) is 0 Å². The molecular formula is C19H22N2O3S. The molecule has 0 bridgehead atoms. The Morgan fingerprint density at radius 3 is 2.60 bits per heavy atom. The molecule has 2 atom stereocenters. The lowest BCUT2D eigenvalue weighted by Crippen LogP contribution is -2.32. The summed E-state index contributed by atoms with van der Waals surface area (Å²) in [7, 11) is 0. The van der Waals surface area contributed by atoms with Gasteiger partial charge in [-0.2, -0.15) is 0 Å². The van der Waals surface area contributed by atoms with Gasteiger partial charge in [-0.1, -0.05) is 48.6 Å². The highest BCUT2D eigenvalue weighted by Crippen LogP contribution is 2.41. The van der Waals surface area contributed by atoms with Gasteiger partial charge in [0, 0.05) is 5.92 Å². The second kappa shape index (κ2) is 7.35. The average Bonchev–Trinajstić information content (AvgIpc) is 3.20. The first kappa shape index (κ1) is 17.6. The Bertz CT molecular complexity index is 772. The van der Waals surface area contributed by atoms with Crippen LogP contribution in [0.15, 0.2) is 30.3 Å². The van der Waals surface area contributed by atoms with Gasteiger partial charge in [-0.05, 0) is 31.7 Å². The molecule has 2 aromatic rings. The monoisotopic (exact) mass is 358 g/mol. The Morgan fingerprint density at radius 2 is 2.00 bits per heavy atom. The number of carbonyl (C=O) groups is 2. The number of amides is 1. The van der Waals surface area contributed by atoms with Gasteiger partial charge in [0.15, 0.2) is 5.13 Å². The van der Waals surface area contributed by atoms with Crippen molar-refractivity contribution >= 4 is 28.3 Å². The van der Waals surface area contributed by atoms with Crippen LogP contribution in [-0.2, 0) is 16.1 Å². The van der Waals surface area contributed by atoms with Crippen LogP contribution < -0.4 is 4.90 Å². The summed E-state index contributed by atoms with van der Waals surface area (Å²) in [5.74, 6) is 0.173. The lowest BCUT2D eigenvalue weighted by molar-refractivity contribution is -0.120. The van der Waals surface area contributed by atoms with Crippen molar-refractivity contribution in [2.75, 3.05) is 11.5 Å². The maximum absolute atomic E-state index is 12.9. The number of aryl methyl sites for hydroxylation is 1. The second-order valence-corrected chi connectivity index (χ2v) is 7.34. The van der Waals surface area contributed by atoms with Crippen molar-refractivity contribution in [2.45, 2.75) is 33.7 Å². The summed E-state index contributed by atoms with van der Waals surface area (Å²) in [6.07, 6.45) is 0.916. The van der Waals surface area contributed by atoms with E-state index in [-0.39, 0.29) is 17.8 Å². The third-order valence-corrected chi connectivity index (χ3v) is 5.51. The van der Waals surface area contributed by atoms with Crippen molar-refractivity contribution in [3.8, 4) is 0 Å². The number of ether oxygens (including phenoxy) is 1. The maximum atomic E-state index is 12.9. The van der Waals surface area contributed by atoms with Crippen LogP contribution in [0.25, 0.3) is 0 Å². The van der Waals surface area contributed by atoms with Crippen LogP contribution >= 0.6 is 11.3 Å². The van der Waals surface area contributed by atoms with Gasteiger partial charge in [-0.15, -0.1) is 0 Å². The summed E-state index contributed by atoms with van der Waals surface area (Å²) in [5, 5.41) is 0.563. The summed E-state index contributed by atoms with van der Waals surface area (Å²) in [5.41, 5.74) is 1.64. The van der Waals surface area contributed by atoms with Crippen LogP contribution in [0.2, 0.25) is 0 Å². The highest BCUT2D eigenvalue weighted by Gasteiger charge is 2.42. The second-order valence-electron chi connectivity index (χ2n) is 6.36. The Hall–Kier alpha value is -2.21. The fourth-order valence-corrected chi connectivity index (χ4v) is 3.72. The molecule has 1 aliphatic rings. The van der Waals surface area contributed by atoms with Crippen molar-refractivity contribution < 1.29 is 14.3 Å². The molecule has 132 valence electrons. The SMILES string of the molecule is CCOC(=O)c1sc(N(Cc2ccccc2)C(=O)[C@H]2C[C@H]2C)nc1C. The summed E-state index contributed by atoms with van der Waals surface area (Å²) in [4.78, 5) is 31.7. The predicted octanol–water partition coefficient (Wildman–Crippen LogP) is 3.82. The third kappa shape index (κ3) is 3.90.